The number of aliphatic hydroxyl groups excluding tert-OH is 1. The average Bonchev–Trinajstić information content (AvgIpc) is 3.50. The van der Waals surface area contributed by atoms with Crippen LogP contribution in [0.1, 0.15) is 312 Å². The summed E-state index contributed by atoms with van der Waals surface area (Å²) in [7, 11) is -9.89. The molecular weight excluding hydrogens is 1110 g/mol. The molecule has 0 saturated heterocycles. The monoisotopic (exact) mass is 1240 g/mol. The van der Waals surface area contributed by atoms with Crippen LogP contribution in [0.2, 0.25) is 0 Å². The van der Waals surface area contributed by atoms with Gasteiger partial charge in [-0.2, -0.15) is 0 Å². The minimum absolute atomic E-state index is 0.102. The van der Waals surface area contributed by atoms with Crippen molar-refractivity contribution >= 4 is 39.5 Å². The summed E-state index contributed by atoms with van der Waals surface area (Å²) in [5.41, 5.74) is 0. The van der Waals surface area contributed by atoms with E-state index in [1.54, 1.807) is 0 Å². The van der Waals surface area contributed by atoms with Gasteiger partial charge in [0.25, 0.3) is 0 Å². The Morgan fingerprint density at radius 2 is 0.571 bits per heavy atom. The highest BCUT2D eigenvalue weighted by Crippen LogP contribution is 2.45. The zero-order chi connectivity index (χ0) is 62.5. The van der Waals surface area contributed by atoms with Crippen molar-refractivity contribution < 1.29 is 80.2 Å². The number of ether oxygens (including phenoxy) is 4. The molecule has 0 aliphatic rings. The van der Waals surface area contributed by atoms with Gasteiger partial charge in [-0.05, 0) is 49.4 Å². The smallest absolute Gasteiger partial charge is 0.462 e. The minimum atomic E-state index is -4.95. The second kappa shape index (κ2) is 55.2. The van der Waals surface area contributed by atoms with E-state index >= 15 is 0 Å². The number of carbonyl (C=O) groups excluding carboxylic acids is 4. The molecule has 3 N–H and O–H groups in total. The maximum absolute atomic E-state index is 13.0. The van der Waals surface area contributed by atoms with Crippen LogP contribution in [0.3, 0.4) is 0 Å². The molecule has 0 aliphatic carbocycles. The fourth-order valence-corrected chi connectivity index (χ4v) is 11.2. The number of aliphatic hydroxyl groups is 1. The molecule has 498 valence electrons. The summed E-state index contributed by atoms with van der Waals surface area (Å²) in [5, 5.41) is 10.5. The lowest BCUT2D eigenvalue weighted by Crippen LogP contribution is -2.30. The van der Waals surface area contributed by atoms with Gasteiger partial charge < -0.3 is 33.8 Å². The van der Waals surface area contributed by atoms with Gasteiger partial charge in [0, 0.05) is 25.7 Å². The Balaban J connectivity index is 5.24. The number of esters is 4. The molecule has 0 aromatic heterocycles. The molecule has 3 unspecified atom stereocenters. The fraction of sp³-hybridized carbons (Fsp3) is 0.938. The second-order valence-corrected chi connectivity index (χ2v) is 28.1. The molecule has 0 bridgehead atoms. The van der Waals surface area contributed by atoms with Gasteiger partial charge in [-0.15, -0.1) is 0 Å². The van der Waals surface area contributed by atoms with Crippen LogP contribution in [0.25, 0.3) is 0 Å². The van der Waals surface area contributed by atoms with Crippen LogP contribution in [-0.2, 0) is 65.4 Å². The summed E-state index contributed by atoms with van der Waals surface area (Å²) >= 11 is 0. The van der Waals surface area contributed by atoms with Gasteiger partial charge in [-0.25, -0.2) is 9.13 Å². The molecule has 19 heteroatoms. The molecule has 17 nitrogen and oxygen atoms in total. The number of carbonyl (C=O) groups is 4. The highest BCUT2D eigenvalue weighted by molar-refractivity contribution is 7.47. The van der Waals surface area contributed by atoms with E-state index < -0.39 is 97.5 Å². The predicted molar refractivity (Wildman–Crippen MR) is 335 cm³/mol. The van der Waals surface area contributed by atoms with Crippen LogP contribution in [0.5, 0.6) is 0 Å². The highest BCUT2D eigenvalue weighted by Gasteiger charge is 2.30. The van der Waals surface area contributed by atoms with Crippen LogP contribution >= 0.6 is 15.6 Å². The maximum Gasteiger partial charge on any atom is 0.472 e. The normalized spacial score (nSPS) is 14.7. The van der Waals surface area contributed by atoms with Crippen LogP contribution in [0.15, 0.2) is 0 Å². The van der Waals surface area contributed by atoms with E-state index in [-0.39, 0.29) is 25.7 Å². The largest absolute Gasteiger partial charge is 0.472 e. The zero-order valence-corrected chi connectivity index (χ0v) is 56.3. The van der Waals surface area contributed by atoms with E-state index in [2.05, 4.69) is 55.4 Å². The molecular formula is C65H126O17P2. The summed E-state index contributed by atoms with van der Waals surface area (Å²) < 4.78 is 68.0. The van der Waals surface area contributed by atoms with Crippen molar-refractivity contribution in [2.75, 3.05) is 39.6 Å². The molecule has 0 fully saturated rings. The Morgan fingerprint density at radius 3 is 0.845 bits per heavy atom. The van der Waals surface area contributed by atoms with E-state index in [0.717, 1.165) is 115 Å². The van der Waals surface area contributed by atoms with E-state index in [1.165, 1.54) is 103 Å². The quantitative estimate of drug-likeness (QED) is 0.0222. The first kappa shape index (κ1) is 82.1. The first-order chi connectivity index (χ1) is 40.1. The van der Waals surface area contributed by atoms with Gasteiger partial charge in [0.2, 0.25) is 0 Å². The van der Waals surface area contributed by atoms with E-state index in [4.69, 9.17) is 37.0 Å². The van der Waals surface area contributed by atoms with Crippen molar-refractivity contribution in [3.05, 3.63) is 0 Å². The first-order valence-corrected chi connectivity index (χ1v) is 36.7. The molecule has 0 radical (unpaired) electrons. The van der Waals surface area contributed by atoms with Crippen LogP contribution in [0, 0.1) is 23.7 Å². The molecule has 0 aliphatic heterocycles. The predicted octanol–water partition coefficient (Wildman–Crippen LogP) is 17.8. The van der Waals surface area contributed by atoms with Crippen LogP contribution in [-0.4, -0.2) is 96.7 Å². The van der Waals surface area contributed by atoms with Gasteiger partial charge in [0.1, 0.15) is 19.3 Å². The lowest BCUT2D eigenvalue weighted by molar-refractivity contribution is -0.161. The summed E-state index contributed by atoms with van der Waals surface area (Å²) in [5.74, 6) is 0.742. The van der Waals surface area contributed by atoms with Crippen LogP contribution in [0.4, 0.5) is 0 Å². The third kappa shape index (κ3) is 57.8. The molecule has 84 heavy (non-hydrogen) atoms. The topological polar surface area (TPSA) is 237 Å². The first-order valence-electron chi connectivity index (χ1n) is 33.7. The van der Waals surface area contributed by atoms with Gasteiger partial charge in [-0.3, -0.25) is 37.3 Å². The van der Waals surface area contributed by atoms with Crippen molar-refractivity contribution in [1.29, 1.82) is 0 Å². The molecule has 0 rings (SSSR count). The molecule has 6 atom stereocenters. The van der Waals surface area contributed by atoms with Crippen molar-refractivity contribution in [2.24, 2.45) is 23.7 Å². The van der Waals surface area contributed by atoms with E-state index in [1.807, 2.05) is 0 Å². The molecule has 0 amide bonds. The zero-order valence-electron chi connectivity index (χ0n) is 54.5. The van der Waals surface area contributed by atoms with Crippen molar-refractivity contribution in [2.45, 2.75) is 331 Å². The van der Waals surface area contributed by atoms with Crippen molar-refractivity contribution in [3.8, 4) is 0 Å². The van der Waals surface area contributed by atoms with Gasteiger partial charge >= 0.3 is 39.5 Å². The number of phosphoric acid groups is 2. The van der Waals surface area contributed by atoms with E-state index in [0.29, 0.717) is 37.5 Å². The Bertz CT molecular complexity index is 1680. The maximum atomic E-state index is 13.0. The molecule has 0 saturated carbocycles. The Kier molecular flexibility index (Phi) is 53.9. The standard InChI is InChI=1S/C65H126O17P2/c1-9-58(8)44-36-28-22-24-30-38-46-63(68)76-52-60(81-64(69)47-39-31-19-15-13-11-10-12-14-17-25-33-41-55(2)3)53-79-83(71,72)77-49-59(66)50-78-84(73,74)80-54-61(51-75-62(67)45-37-29-23-21-27-35-43-57(6)7)82-65(70)48-40-32-20-16-18-26-34-42-56(4)5/h55-61,66H,9-54H2,1-8H3,(H,71,72)(H,73,74)/t58?,59-,60+,61+/m0/s1. The molecule has 0 aromatic rings. The van der Waals surface area contributed by atoms with E-state index in [9.17, 15) is 43.2 Å². The third-order valence-corrected chi connectivity index (χ3v) is 17.1. The lowest BCUT2D eigenvalue weighted by atomic mass is 10.00. The molecule has 0 heterocycles. The average molecular weight is 1240 g/mol. The minimum Gasteiger partial charge on any atom is -0.462 e. The molecule has 0 aromatic carbocycles. The second-order valence-electron chi connectivity index (χ2n) is 25.2. The number of phosphoric ester groups is 2. The number of hydrogen-bond acceptors (Lipinski definition) is 15. The van der Waals surface area contributed by atoms with Crippen LogP contribution < -0.4 is 0 Å². The third-order valence-electron chi connectivity index (χ3n) is 15.2. The highest BCUT2D eigenvalue weighted by atomic mass is 31.2. The summed E-state index contributed by atoms with van der Waals surface area (Å²) in [4.78, 5) is 72.2. The Labute approximate surface area is 511 Å². The summed E-state index contributed by atoms with van der Waals surface area (Å²) in [6, 6.07) is 0. The lowest BCUT2D eigenvalue weighted by Gasteiger charge is -2.21. The fourth-order valence-electron chi connectivity index (χ4n) is 9.57. The number of hydrogen-bond donors (Lipinski definition) is 3. The molecule has 0 spiro atoms. The Hall–Kier alpha value is -1.94. The number of rotatable bonds is 62. The SMILES string of the molecule is CCC(C)CCCCCCCCC(=O)OC[C@H](COP(=O)(O)OC[C@H](O)COP(=O)(O)OC[C@@H](COC(=O)CCCCCCCCC(C)C)OC(=O)CCCCCCCCCC(C)C)OC(=O)CCCCCCCCCCCCCCC(C)C. The van der Waals surface area contributed by atoms with Crippen molar-refractivity contribution in [1.82, 2.24) is 0 Å². The van der Waals surface area contributed by atoms with Gasteiger partial charge in [-0.1, -0.05) is 261 Å². The summed E-state index contributed by atoms with van der Waals surface area (Å²) in [6.45, 7) is 13.9. The van der Waals surface area contributed by atoms with Crippen molar-refractivity contribution in [3.63, 3.8) is 0 Å². The Morgan fingerprint density at radius 1 is 0.333 bits per heavy atom. The summed E-state index contributed by atoms with van der Waals surface area (Å²) in [6.07, 6.45) is 35.1. The van der Waals surface area contributed by atoms with Gasteiger partial charge in [0.05, 0.1) is 26.4 Å². The number of unbranched alkanes of at least 4 members (excludes halogenated alkanes) is 27. The van der Waals surface area contributed by atoms with Gasteiger partial charge in [0.15, 0.2) is 12.2 Å².